The van der Waals surface area contributed by atoms with Crippen LogP contribution in [0.3, 0.4) is 0 Å². The van der Waals surface area contributed by atoms with E-state index in [1.807, 2.05) is 12.1 Å². The van der Waals surface area contributed by atoms with Gasteiger partial charge in [0.2, 0.25) is 0 Å². The van der Waals surface area contributed by atoms with Crippen molar-refractivity contribution < 1.29 is 4.42 Å². The van der Waals surface area contributed by atoms with E-state index in [9.17, 15) is 0 Å². The van der Waals surface area contributed by atoms with Gasteiger partial charge >= 0.3 is 0 Å². The second-order valence-corrected chi connectivity index (χ2v) is 16.0. The number of nitrogens with zero attached hydrogens (tertiary/aromatic N) is 4. The van der Waals surface area contributed by atoms with E-state index in [1.54, 1.807) is 0 Å². The molecule has 0 saturated carbocycles. The lowest BCUT2D eigenvalue weighted by Crippen LogP contribution is -2.14. The Labute approximate surface area is 340 Å². The zero-order valence-corrected chi connectivity index (χ0v) is 32.5. The van der Waals surface area contributed by atoms with Gasteiger partial charge in [0.1, 0.15) is 11.2 Å². The highest BCUT2D eigenvalue weighted by Gasteiger charge is 2.37. The highest BCUT2D eigenvalue weighted by atomic mass is 16.3. The molecule has 0 saturated heterocycles. The first kappa shape index (κ1) is 33.5. The van der Waals surface area contributed by atoms with Gasteiger partial charge < -0.3 is 8.98 Å². The van der Waals surface area contributed by atoms with Crippen molar-refractivity contribution in [2.75, 3.05) is 0 Å². The Kier molecular flexibility index (Phi) is 7.20. The van der Waals surface area contributed by atoms with Crippen molar-refractivity contribution in [3.63, 3.8) is 0 Å². The Balaban J connectivity index is 1.08. The molecule has 0 fully saturated rings. The first-order valence-corrected chi connectivity index (χ1v) is 20.1. The summed E-state index contributed by atoms with van der Waals surface area (Å²) < 4.78 is 8.75. The number of hydrogen-bond donors (Lipinski definition) is 0. The van der Waals surface area contributed by atoms with Crippen molar-refractivity contribution in [1.82, 2.24) is 19.5 Å². The Morgan fingerprint density at radius 3 is 1.86 bits per heavy atom. The molecule has 0 bridgehead atoms. The summed E-state index contributed by atoms with van der Waals surface area (Å²) in [6, 6.07) is 64.0. The molecule has 3 aromatic heterocycles. The van der Waals surface area contributed by atoms with Gasteiger partial charge in [0.25, 0.3) is 0 Å². The molecule has 0 aliphatic heterocycles. The molecule has 0 amide bonds. The quantitative estimate of drug-likeness (QED) is 0.175. The molecule has 5 heteroatoms. The van der Waals surface area contributed by atoms with Crippen molar-refractivity contribution in [3.05, 3.63) is 193 Å². The zero-order chi connectivity index (χ0) is 39.2. The van der Waals surface area contributed by atoms with Crippen LogP contribution in [0.1, 0.15) is 25.0 Å². The maximum absolute atomic E-state index is 6.42. The van der Waals surface area contributed by atoms with Crippen LogP contribution in [-0.2, 0) is 5.41 Å². The van der Waals surface area contributed by atoms with Gasteiger partial charge in [-0.3, -0.25) is 0 Å². The SMILES string of the molecule is CC1(C)c2ccccc2-c2c(-c3nc(-c4ccc(-c5cccc6c5oc5ccccc56)cc4)nc(-c4cccc5c4c4ccccc4n5-c4ccccc4)n3)cccc21. The molecule has 1 aliphatic carbocycles. The minimum absolute atomic E-state index is 0.163. The molecule has 59 heavy (non-hydrogen) atoms. The fourth-order valence-electron chi connectivity index (χ4n) is 9.52. The van der Waals surface area contributed by atoms with Crippen molar-refractivity contribution in [1.29, 1.82) is 0 Å². The predicted octanol–water partition coefficient (Wildman–Crippen LogP) is 13.8. The van der Waals surface area contributed by atoms with Gasteiger partial charge in [-0.2, -0.15) is 0 Å². The lowest BCUT2D eigenvalue weighted by atomic mass is 9.82. The normalized spacial score (nSPS) is 13.1. The van der Waals surface area contributed by atoms with E-state index in [1.165, 1.54) is 22.3 Å². The Morgan fingerprint density at radius 1 is 0.424 bits per heavy atom. The summed E-state index contributed by atoms with van der Waals surface area (Å²) in [6.07, 6.45) is 0. The average molecular weight is 757 g/mol. The standard InChI is InChI=1S/C54H36N4O/c1-54(2)43-24-9-6-18-39(43)48-41(22-13-25-44(48)54)52-55-51(34-31-29-33(30-32-34)36-20-12-21-38-37-17-8-11-28-47(37)59-50(36)38)56-53(57-52)42-23-14-27-46-49(42)40-19-7-10-26-45(40)58(46)35-15-4-3-5-16-35/h3-32H,1-2H3. The maximum Gasteiger partial charge on any atom is 0.164 e. The fraction of sp³-hybridized carbons (Fsp3) is 0.0556. The summed E-state index contributed by atoms with van der Waals surface area (Å²) in [5.41, 5.74) is 14.9. The van der Waals surface area contributed by atoms with E-state index < -0.39 is 0 Å². The van der Waals surface area contributed by atoms with Crippen LogP contribution in [0.2, 0.25) is 0 Å². The molecule has 0 atom stereocenters. The van der Waals surface area contributed by atoms with Crippen LogP contribution in [0.15, 0.2) is 186 Å². The summed E-state index contributed by atoms with van der Waals surface area (Å²) in [5.74, 6) is 1.89. The number of para-hydroxylation sites is 4. The van der Waals surface area contributed by atoms with Crippen LogP contribution in [0, 0.1) is 0 Å². The lowest BCUT2D eigenvalue weighted by molar-refractivity contribution is 0.660. The lowest BCUT2D eigenvalue weighted by Gasteiger charge is -2.21. The molecule has 12 rings (SSSR count). The Morgan fingerprint density at radius 2 is 1.00 bits per heavy atom. The molecule has 278 valence electrons. The second kappa shape index (κ2) is 12.7. The average Bonchev–Trinajstić information content (AvgIpc) is 3.92. The largest absolute Gasteiger partial charge is 0.455 e. The third-order valence-corrected chi connectivity index (χ3v) is 12.3. The monoisotopic (exact) mass is 756 g/mol. The molecular weight excluding hydrogens is 721 g/mol. The zero-order valence-electron chi connectivity index (χ0n) is 32.5. The highest BCUT2D eigenvalue weighted by Crippen LogP contribution is 2.52. The molecule has 0 spiro atoms. The number of rotatable bonds is 5. The first-order valence-electron chi connectivity index (χ1n) is 20.1. The number of aromatic nitrogens is 4. The molecule has 0 N–H and O–H groups in total. The minimum Gasteiger partial charge on any atom is -0.455 e. The first-order chi connectivity index (χ1) is 29.0. The summed E-state index contributed by atoms with van der Waals surface area (Å²) in [7, 11) is 0. The predicted molar refractivity (Wildman–Crippen MR) is 241 cm³/mol. The van der Waals surface area contributed by atoms with E-state index in [0.29, 0.717) is 17.5 Å². The molecule has 11 aromatic rings. The Bertz CT molecular complexity index is 3470. The summed E-state index contributed by atoms with van der Waals surface area (Å²) in [4.78, 5) is 16.1. The molecule has 5 nitrogen and oxygen atoms in total. The van der Waals surface area contributed by atoms with Crippen molar-refractivity contribution in [2.45, 2.75) is 19.3 Å². The summed E-state index contributed by atoms with van der Waals surface area (Å²) in [5, 5.41) is 4.48. The van der Waals surface area contributed by atoms with E-state index in [-0.39, 0.29) is 5.41 Å². The third kappa shape index (κ3) is 5.01. The van der Waals surface area contributed by atoms with Crippen LogP contribution >= 0.6 is 0 Å². The number of furan rings is 1. The summed E-state index contributed by atoms with van der Waals surface area (Å²) in [6.45, 7) is 4.62. The van der Waals surface area contributed by atoms with Crippen molar-refractivity contribution >= 4 is 43.7 Å². The number of hydrogen-bond acceptors (Lipinski definition) is 4. The van der Waals surface area contributed by atoms with Gasteiger partial charge in [-0.05, 0) is 58.1 Å². The molecule has 3 heterocycles. The van der Waals surface area contributed by atoms with Crippen molar-refractivity contribution in [2.24, 2.45) is 0 Å². The van der Waals surface area contributed by atoms with E-state index in [4.69, 9.17) is 19.4 Å². The smallest absolute Gasteiger partial charge is 0.164 e. The van der Waals surface area contributed by atoms with Gasteiger partial charge in [0, 0.05) is 54.9 Å². The van der Waals surface area contributed by atoms with Crippen LogP contribution in [0.4, 0.5) is 0 Å². The van der Waals surface area contributed by atoms with Gasteiger partial charge in [0.15, 0.2) is 17.5 Å². The van der Waals surface area contributed by atoms with Crippen LogP contribution in [0.25, 0.3) is 106 Å². The molecule has 8 aromatic carbocycles. The maximum atomic E-state index is 6.42. The van der Waals surface area contributed by atoms with Crippen LogP contribution in [-0.4, -0.2) is 19.5 Å². The topological polar surface area (TPSA) is 56.7 Å². The van der Waals surface area contributed by atoms with Crippen LogP contribution in [0.5, 0.6) is 0 Å². The van der Waals surface area contributed by atoms with Crippen LogP contribution < -0.4 is 0 Å². The minimum atomic E-state index is -0.163. The summed E-state index contributed by atoms with van der Waals surface area (Å²) >= 11 is 0. The number of benzene rings is 8. The van der Waals surface area contributed by atoms with Gasteiger partial charge in [-0.25, -0.2) is 15.0 Å². The van der Waals surface area contributed by atoms with E-state index in [0.717, 1.165) is 77.2 Å². The van der Waals surface area contributed by atoms with Gasteiger partial charge in [-0.1, -0.05) is 166 Å². The second-order valence-electron chi connectivity index (χ2n) is 16.0. The number of fused-ring (bicyclic) bond motifs is 9. The molecule has 1 aliphatic rings. The van der Waals surface area contributed by atoms with Gasteiger partial charge in [0.05, 0.1) is 11.0 Å². The third-order valence-electron chi connectivity index (χ3n) is 12.3. The molecule has 0 unspecified atom stereocenters. The molecular formula is C54H36N4O. The highest BCUT2D eigenvalue weighted by molar-refractivity contribution is 6.15. The fourth-order valence-corrected chi connectivity index (χ4v) is 9.52. The Hall–Kier alpha value is -7.63. The van der Waals surface area contributed by atoms with Gasteiger partial charge in [-0.15, -0.1) is 0 Å². The van der Waals surface area contributed by atoms with Crippen molar-refractivity contribution in [3.8, 4) is 62.1 Å². The van der Waals surface area contributed by atoms with E-state index >= 15 is 0 Å². The molecule has 0 radical (unpaired) electrons. The van der Waals surface area contributed by atoms with E-state index in [2.05, 4.69) is 188 Å².